The number of nitrogens with zero attached hydrogens (tertiary/aromatic N) is 1. The standard InChI is InChI=1S/C23H29ClN2O4/c1-23(2,3)30-22(28)25-18(14-16-10-12-17(24)13-11-16)15-26(4)20-9-7-6-8-19(20)21(27)29-5/h6-13,18H,14-15H2,1-5H3,(H,25,28)/t18-/m0/s1. The lowest BCUT2D eigenvalue weighted by Crippen LogP contribution is -2.46. The van der Waals surface area contributed by atoms with Gasteiger partial charge in [0.15, 0.2) is 0 Å². The number of ether oxygens (including phenoxy) is 2. The van der Waals surface area contributed by atoms with Gasteiger partial charge in [-0.25, -0.2) is 9.59 Å². The van der Waals surface area contributed by atoms with Crippen molar-refractivity contribution in [2.45, 2.75) is 38.8 Å². The maximum atomic E-state index is 12.4. The first-order valence-electron chi connectivity index (χ1n) is 9.71. The molecule has 6 nitrogen and oxygen atoms in total. The number of esters is 1. The van der Waals surface area contributed by atoms with Gasteiger partial charge in [-0.2, -0.15) is 0 Å². The molecule has 0 unspecified atom stereocenters. The molecular weight excluding hydrogens is 404 g/mol. The highest BCUT2D eigenvalue weighted by molar-refractivity contribution is 6.30. The van der Waals surface area contributed by atoms with Gasteiger partial charge in [0, 0.05) is 18.6 Å². The van der Waals surface area contributed by atoms with E-state index in [1.807, 2.05) is 69.1 Å². The predicted octanol–water partition coefficient (Wildman–Crippen LogP) is 4.70. The molecule has 0 bridgehead atoms. The van der Waals surface area contributed by atoms with E-state index in [1.165, 1.54) is 7.11 Å². The second-order valence-electron chi connectivity index (χ2n) is 8.06. The van der Waals surface area contributed by atoms with Crippen molar-refractivity contribution in [3.8, 4) is 0 Å². The highest BCUT2D eigenvalue weighted by atomic mass is 35.5. The Bertz CT molecular complexity index is 862. The smallest absolute Gasteiger partial charge is 0.407 e. The number of hydrogen-bond acceptors (Lipinski definition) is 5. The molecular formula is C23H29ClN2O4. The van der Waals surface area contributed by atoms with Gasteiger partial charge in [0.25, 0.3) is 0 Å². The van der Waals surface area contributed by atoms with Crippen molar-refractivity contribution in [1.29, 1.82) is 0 Å². The average molecular weight is 433 g/mol. The molecule has 7 heteroatoms. The van der Waals surface area contributed by atoms with E-state index in [0.717, 1.165) is 11.3 Å². The van der Waals surface area contributed by atoms with E-state index >= 15 is 0 Å². The maximum absolute atomic E-state index is 12.4. The summed E-state index contributed by atoms with van der Waals surface area (Å²) in [6.07, 6.45) is 0.0809. The van der Waals surface area contributed by atoms with Crippen LogP contribution in [0.3, 0.4) is 0 Å². The summed E-state index contributed by atoms with van der Waals surface area (Å²) in [5, 5.41) is 3.60. The van der Waals surface area contributed by atoms with E-state index in [1.54, 1.807) is 12.1 Å². The molecule has 0 aromatic heterocycles. The van der Waals surface area contributed by atoms with Crippen molar-refractivity contribution >= 4 is 29.4 Å². The number of alkyl carbamates (subject to hydrolysis) is 1. The quantitative estimate of drug-likeness (QED) is 0.642. The third-order valence-electron chi connectivity index (χ3n) is 4.33. The van der Waals surface area contributed by atoms with Gasteiger partial charge in [-0.1, -0.05) is 35.9 Å². The molecule has 0 heterocycles. The first-order chi connectivity index (χ1) is 14.1. The van der Waals surface area contributed by atoms with E-state index in [-0.39, 0.29) is 6.04 Å². The van der Waals surface area contributed by atoms with Crippen molar-refractivity contribution in [2.75, 3.05) is 25.6 Å². The summed E-state index contributed by atoms with van der Waals surface area (Å²) < 4.78 is 10.3. The van der Waals surface area contributed by atoms with Gasteiger partial charge < -0.3 is 19.7 Å². The summed E-state index contributed by atoms with van der Waals surface area (Å²) in [5.74, 6) is -0.410. The van der Waals surface area contributed by atoms with Crippen LogP contribution in [0.2, 0.25) is 5.02 Å². The lowest BCUT2D eigenvalue weighted by atomic mass is 10.0. The number of carbonyl (C=O) groups excluding carboxylic acids is 2. The van der Waals surface area contributed by atoms with Crippen LogP contribution >= 0.6 is 11.6 Å². The Morgan fingerprint density at radius 3 is 2.33 bits per heavy atom. The van der Waals surface area contributed by atoms with Crippen molar-refractivity contribution in [1.82, 2.24) is 5.32 Å². The first-order valence-corrected chi connectivity index (χ1v) is 10.1. The van der Waals surface area contributed by atoms with Crippen LogP contribution in [0.1, 0.15) is 36.7 Å². The number of methoxy groups -OCH3 is 1. The van der Waals surface area contributed by atoms with Gasteiger partial charge in [-0.15, -0.1) is 0 Å². The van der Waals surface area contributed by atoms with Crippen LogP contribution < -0.4 is 10.2 Å². The minimum absolute atomic E-state index is 0.267. The Labute approximate surface area is 183 Å². The molecule has 0 saturated carbocycles. The predicted molar refractivity (Wildman–Crippen MR) is 119 cm³/mol. The summed E-state index contributed by atoms with van der Waals surface area (Å²) in [7, 11) is 3.22. The summed E-state index contributed by atoms with van der Waals surface area (Å²) in [6, 6.07) is 14.4. The number of nitrogens with one attached hydrogen (secondary N) is 1. The molecule has 1 atom stereocenters. The molecule has 2 rings (SSSR count). The van der Waals surface area contributed by atoms with Gasteiger partial charge in [0.2, 0.25) is 0 Å². The second kappa shape index (κ2) is 10.3. The first kappa shape index (κ1) is 23.5. The molecule has 0 aliphatic carbocycles. The van der Waals surface area contributed by atoms with Crippen molar-refractivity contribution in [3.63, 3.8) is 0 Å². The number of halogens is 1. The molecule has 162 valence electrons. The lowest BCUT2D eigenvalue weighted by Gasteiger charge is -2.29. The zero-order valence-electron chi connectivity index (χ0n) is 18.1. The topological polar surface area (TPSA) is 67.9 Å². The molecule has 0 radical (unpaired) electrons. The van der Waals surface area contributed by atoms with Crippen LogP contribution in [0.5, 0.6) is 0 Å². The molecule has 2 aromatic rings. The van der Waals surface area contributed by atoms with Gasteiger partial charge in [-0.05, 0) is 57.0 Å². The number of benzene rings is 2. The molecule has 30 heavy (non-hydrogen) atoms. The number of para-hydroxylation sites is 1. The Balaban J connectivity index is 2.22. The van der Waals surface area contributed by atoms with E-state index in [9.17, 15) is 9.59 Å². The largest absolute Gasteiger partial charge is 0.465 e. The molecule has 0 saturated heterocycles. The number of amides is 1. The average Bonchev–Trinajstić information content (AvgIpc) is 2.67. The van der Waals surface area contributed by atoms with Crippen LogP contribution in [0.25, 0.3) is 0 Å². The second-order valence-corrected chi connectivity index (χ2v) is 8.50. The Kier molecular flexibility index (Phi) is 8.12. The van der Waals surface area contributed by atoms with Crippen LogP contribution in [0, 0.1) is 0 Å². The highest BCUT2D eigenvalue weighted by Crippen LogP contribution is 2.21. The fourth-order valence-corrected chi connectivity index (χ4v) is 3.18. The summed E-state index contributed by atoms with van der Waals surface area (Å²) in [4.78, 5) is 26.5. The highest BCUT2D eigenvalue weighted by Gasteiger charge is 2.22. The lowest BCUT2D eigenvalue weighted by molar-refractivity contribution is 0.0504. The van der Waals surface area contributed by atoms with E-state index < -0.39 is 17.7 Å². The normalized spacial score (nSPS) is 12.1. The van der Waals surface area contributed by atoms with E-state index in [2.05, 4.69) is 5.32 Å². The summed E-state index contributed by atoms with van der Waals surface area (Å²) in [6.45, 7) is 5.91. The minimum atomic E-state index is -0.599. The summed E-state index contributed by atoms with van der Waals surface area (Å²) >= 11 is 5.99. The Morgan fingerprint density at radius 1 is 1.10 bits per heavy atom. The molecule has 0 fully saturated rings. The zero-order valence-corrected chi connectivity index (χ0v) is 18.8. The van der Waals surface area contributed by atoms with Crippen molar-refractivity contribution in [2.24, 2.45) is 0 Å². The maximum Gasteiger partial charge on any atom is 0.407 e. The molecule has 2 aromatic carbocycles. The molecule has 0 spiro atoms. The zero-order chi connectivity index (χ0) is 22.3. The third-order valence-corrected chi connectivity index (χ3v) is 4.58. The van der Waals surface area contributed by atoms with Gasteiger partial charge in [0.1, 0.15) is 5.60 Å². The van der Waals surface area contributed by atoms with Gasteiger partial charge in [0.05, 0.1) is 24.4 Å². The molecule has 1 amide bonds. The van der Waals surface area contributed by atoms with E-state index in [4.69, 9.17) is 21.1 Å². The number of anilines is 1. The fraction of sp³-hybridized carbons (Fsp3) is 0.391. The Morgan fingerprint density at radius 2 is 1.73 bits per heavy atom. The van der Waals surface area contributed by atoms with Gasteiger partial charge in [-0.3, -0.25) is 0 Å². The SMILES string of the molecule is COC(=O)c1ccccc1N(C)C[C@H](Cc1ccc(Cl)cc1)NC(=O)OC(C)(C)C. The van der Waals surface area contributed by atoms with Crippen LogP contribution in [-0.2, 0) is 15.9 Å². The molecule has 0 aliphatic heterocycles. The van der Waals surface area contributed by atoms with Crippen LogP contribution in [0.15, 0.2) is 48.5 Å². The van der Waals surface area contributed by atoms with Gasteiger partial charge >= 0.3 is 12.1 Å². The number of hydrogen-bond donors (Lipinski definition) is 1. The van der Waals surface area contributed by atoms with Crippen molar-refractivity contribution < 1.29 is 19.1 Å². The number of rotatable bonds is 7. The van der Waals surface area contributed by atoms with Crippen LogP contribution in [0.4, 0.5) is 10.5 Å². The monoisotopic (exact) mass is 432 g/mol. The Hall–Kier alpha value is -2.73. The van der Waals surface area contributed by atoms with Crippen LogP contribution in [-0.4, -0.2) is 44.4 Å². The third kappa shape index (κ3) is 7.26. The molecule has 1 N–H and O–H groups in total. The summed E-state index contributed by atoms with van der Waals surface area (Å²) in [5.41, 5.74) is 1.61. The number of likely N-dealkylation sites (N-methyl/N-ethyl adjacent to an activating group) is 1. The van der Waals surface area contributed by atoms with E-state index in [0.29, 0.717) is 23.6 Å². The molecule has 0 aliphatic rings. The number of carbonyl (C=O) groups is 2. The van der Waals surface area contributed by atoms with Crippen molar-refractivity contribution in [3.05, 3.63) is 64.7 Å². The fourth-order valence-electron chi connectivity index (χ4n) is 3.06. The minimum Gasteiger partial charge on any atom is -0.465 e.